The highest BCUT2D eigenvalue weighted by Crippen LogP contribution is 2.31. The van der Waals surface area contributed by atoms with Crippen molar-refractivity contribution in [3.8, 4) is 0 Å². The Morgan fingerprint density at radius 2 is 1.65 bits per heavy atom. The number of rotatable bonds is 8. The number of amides is 2. The van der Waals surface area contributed by atoms with E-state index in [2.05, 4.69) is 37.9 Å². The largest absolute Gasteiger partial charge is 0.354 e. The molecule has 0 spiro atoms. The first-order valence-corrected chi connectivity index (χ1v) is 10.7. The van der Waals surface area contributed by atoms with Crippen molar-refractivity contribution in [1.29, 1.82) is 0 Å². The maximum atomic E-state index is 13.0. The van der Waals surface area contributed by atoms with E-state index in [9.17, 15) is 9.59 Å². The summed E-state index contributed by atoms with van der Waals surface area (Å²) in [7, 11) is 0. The molecule has 2 atom stereocenters. The molecule has 150 valence electrons. The van der Waals surface area contributed by atoms with Crippen LogP contribution >= 0.6 is 0 Å². The van der Waals surface area contributed by atoms with E-state index in [1.165, 1.54) is 12.8 Å². The van der Waals surface area contributed by atoms with Gasteiger partial charge >= 0.3 is 0 Å². The molecule has 1 aliphatic carbocycles. The summed E-state index contributed by atoms with van der Waals surface area (Å²) in [4.78, 5) is 29.6. The number of carbonyl (C=O) groups is 2. The number of hydrogen-bond acceptors (Lipinski definition) is 3. The van der Waals surface area contributed by atoms with Crippen molar-refractivity contribution in [2.24, 2.45) is 17.8 Å². The van der Waals surface area contributed by atoms with Crippen LogP contribution in [-0.2, 0) is 9.59 Å². The molecule has 1 aliphatic heterocycles. The molecule has 2 unspecified atom stereocenters. The van der Waals surface area contributed by atoms with Crippen molar-refractivity contribution >= 4 is 11.8 Å². The molecule has 1 heterocycles. The van der Waals surface area contributed by atoms with Crippen LogP contribution in [0.25, 0.3) is 0 Å². The molecular weight excluding hydrogens is 326 g/mol. The third kappa shape index (κ3) is 5.97. The summed E-state index contributed by atoms with van der Waals surface area (Å²) >= 11 is 0. The van der Waals surface area contributed by atoms with E-state index >= 15 is 0 Å². The minimum absolute atomic E-state index is 0.0103. The Kier molecular flexibility index (Phi) is 8.39. The summed E-state index contributed by atoms with van der Waals surface area (Å²) in [5.74, 6) is 1.87. The third-order valence-electron chi connectivity index (χ3n) is 6.08. The van der Waals surface area contributed by atoms with Gasteiger partial charge in [-0.3, -0.25) is 14.5 Å². The molecule has 26 heavy (non-hydrogen) atoms. The summed E-state index contributed by atoms with van der Waals surface area (Å²) in [6.45, 7) is 12.5. The number of hydrogen-bond donors (Lipinski definition) is 1. The third-order valence-corrected chi connectivity index (χ3v) is 6.08. The Hall–Kier alpha value is -1.10. The lowest BCUT2D eigenvalue weighted by Crippen LogP contribution is -2.58. The molecule has 1 saturated heterocycles. The van der Waals surface area contributed by atoms with Gasteiger partial charge in [0.25, 0.3) is 0 Å². The fourth-order valence-electron chi connectivity index (χ4n) is 4.20. The highest BCUT2D eigenvalue weighted by Gasteiger charge is 2.37. The van der Waals surface area contributed by atoms with E-state index in [1.54, 1.807) is 0 Å². The fourth-order valence-corrected chi connectivity index (χ4v) is 4.20. The molecule has 1 saturated carbocycles. The zero-order valence-corrected chi connectivity index (χ0v) is 17.3. The summed E-state index contributed by atoms with van der Waals surface area (Å²) in [6, 6.07) is -0.0103. The molecule has 5 heteroatoms. The van der Waals surface area contributed by atoms with Crippen LogP contribution in [0.1, 0.15) is 66.2 Å². The number of carbonyl (C=O) groups excluding carboxylic acids is 2. The Balaban J connectivity index is 1.94. The normalized spacial score (nSPS) is 21.8. The summed E-state index contributed by atoms with van der Waals surface area (Å²) < 4.78 is 0. The van der Waals surface area contributed by atoms with Gasteiger partial charge in [-0.25, -0.2) is 0 Å². The van der Waals surface area contributed by atoms with Gasteiger partial charge in [0.1, 0.15) is 0 Å². The average molecular weight is 366 g/mol. The van der Waals surface area contributed by atoms with E-state index in [-0.39, 0.29) is 17.9 Å². The summed E-state index contributed by atoms with van der Waals surface area (Å²) in [6.07, 6.45) is 6.52. The van der Waals surface area contributed by atoms with Crippen molar-refractivity contribution < 1.29 is 9.59 Å². The molecule has 0 aromatic rings. The highest BCUT2D eigenvalue weighted by molar-refractivity contribution is 5.82. The molecule has 0 aromatic heterocycles. The Morgan fingerprint density at radius 1 is 1.04 bits per heavy atom. The van der Waals surface area contributed by atoms with Crippen LogP contribution in [-0.4, -0.2) is 60.4 Å². The van der Waals surface area contributed by atoms with E-state index in [1.807, 2.05) is 4.90 Å². The predicted octanol–water partition coefficient (Wildman–Crippen LogP) is 2.90. The van der Waals surface area contributed by atoms with Crippen LogP contribution in [0.5, 0.6) is 0 Å². The summed E-state index contributed by atoms with van der Waals surface area (Å²) in [5, 5.41) is 3.21. The minimum Gasteiger partial charge on any atom is -0.354 e. The van der Waals surface area contributed by atoms with E-state index in [0.29, 0.717) is 24.2 Å². The SMILES string of the molecule is CCC(C)CNC(=O)C(C1CCCC1)N1CCN(C(=O)CC(C)C)CC1. The fraction of sp³-hybridized carbons (Fsp3) is 0.905. The van der Waals surface area contributed by atoms with Crippen LogP contribution in [0.3, 0.4) is 0 Å². The average Bonchev–Trinajstić information content (AvgIpc) is 3.14. The second-order valence-electron chi connectivity index (χ2n) is 8.76. The van der Waals surface area contributed by atoms with Gasteiger partial charge in [-0.2, -0.15) is 0 Å². The molecular formula is C21H39N3O2. The van der Waals surface area contributed by atoms with Gasteiger partial charge in [0.05, 0.1) is 6.04 Å². The molecule has 5 nitrogen and oxygen atoms in total. The van der Waals surface area contributed by atoms with Crippen molar-refractivity contribution in [2.45, 2.75) is 72.3 Å². The van der Waals surface area contributed by atoms with Crippen molar-refractivity contribution in [2.75, 3.05) is 32.7 Å². The lowest BCUT2D eigenvalue weighted by atomic mass is 9.94. The predicted molar refractivity (Wildman–Crippen MR) is 106 cm³/mol. The maximum Gasteiger partial charge on any atom is 0.237 e. The molecule has 1 N–H and O–H groups in total. The minimum atomic E-state index is -0.0103. The van der Waals surface area contributed by atoms with Crippen molar-refractivity contribution in [1.82, 2.24) is 15.1 Å². The highest BCUT2D eigenvalue weighted by atomic mass is 16.2. The van der Waals surface area contributed by atoms with Gasteiger partial charge in [0.2, 0.25) is 11.8 Å². The second-order valence-corrected chi connectivity index (χ2v) is 8.76. The molecule has 2 aliphatic rings. The molecule has 2 amide bonds. The first kappa shape index (κ1) is 21.2. The standard InChI is InChI=1S/C21H39N3O2/c1-5-17(4)15-22-21(26)20(18-8-6-7-9-18)24-12-10-23(11-13-24)19(25)14-16(2)3/h16-18,20H,5-15H2,1-4H3,(H,22,26). The smallest absolute Gasteiger partial charge is 0.237 e. The van der Waals surface area contributed by atoms with Gasteiger partial charge in [0, 0.05) is 39.1 Å². The number of piperazine rings is 1. The lowest BCUT2D eigenvalue weighted by molar-refractivity contribution is -0.136. The zero-order valence-electron chi connectivity index (χ0n) is 17.3. The topological polar surface area (TPSA) is 52.7 Å². The van der Waals surface area contributed by atoms with Crippen LogP contribution in [0.15, 0.2) is 0 Å². The van der Waals surface area contributed by atoms with Crippen LogP contribution in [0.4, 0.5) is 0 Å². The van der Waals surface area contributed by atoms with Crippen LogP contribution in [0.2, 0.25) is 0 Å². The van der Waals surface area contributed by atoms with E-state index < -0.39 is 0 Å². The Bertz CT molecular complexity index is 452. The molecule has 0 radical (unpaired) electrons. The van der Waals surface area contributed by atoms with E-state index in [0.717, 1.165) is 52.0 Å². The second kappa shape index (κ2) is 10.3. The first-order valence-electron chi connectivity index (χ1n) is 10.7. The first-order chi connectivity index (χ1) is 12.4. The number of nitrogens with zero attached hydrogens (tertiary/aromatic N) is 2. The Labute approximate surface area is 159 Å². The van der Waals surface area contributed by atoms with Gasteiger partial charge < -0.3 is 10.2 Å². The molecule has 0 aromatic carbocycles. The van der Waals surface area contributed by atoms with Gasteiger partial charge in [-0.05, 0) is 30.6 Å². The maximum absolute atomic E-state index is 13.0. The van der Waals surface area contributed by atoms with Crippen molar-refractivity contribution in [3.63, 3.8) is 0 Å². The summed E-state index contributed by atoms with van der Waals surface area (Å²) in [5.41, 5.74) is 0. The molecule has 0 bridgehead atoms. The van der Waals surface area contributed by atoms with Crippen LogP contribution in [0, 0.1) is 17.8 Å². The van der Waals surface area contributed by atoms with E-state index in [4.69, 9.17) is 0 Å². The monoisotopic (exact) mass is 365 g/mol. The van der Waals surface area contributed by atoms with Crippen LogP contribution < -0.4 is 5.32 Å². The van der Waals surface area contributed by atoms with Gasteiger partial charge in [-0.1, -0.05) is 47.0 Å². The van der Waals surface area contributed by atoms with Crippen molar-refractivity contribution in [3.05, 3.63) is 0 Å². The molecule has 2 rings (SSSR count). The van der Waals surface area contributed by atoms with Gasteiger partial charge in [0.15, 0.2) is 0 Å². The Morgan fingerprint density at radius 3 is 2.19 bits per heavy atom. The quantitative estimate of drug-likeness (QED) is 0.719. The zero-order chi connectivity index (χ0) is 19.1. The molecule has 2 fully saturated rings. The van der Waals surface area contributed by atoms with Gasteiger partial charge in [-0.15, -0.1) is 0 Å². The lowest BCUT2D eigenvalue weighted by Gasteiger charge is -2.41. The number of nitrogens with one attached hydrogen (secondary N) is 1.